The lowest BCUT2D eigenvalue weighted by Gasteiger charge is -2.37. The largest absolute Gasteiger partial charge is 0.384 e. The second-order valence-electron chi connectivity index (χ2n) is 6.28. The van der Waals surface area contributed by atoms with E-state index in [0.717, 1.165) is 37.1 Å². The molecule has 6 heteroatoms. The molecule has 0 spiro atoms. The van der Waals surface area contributed by atoms with Crippen molar-refractivity contribution in [2.45, 2.75) is 31.6 Å². The molecule has 0 unspecified atom stereocenters. The Kier molecular flexibility index (Phi) is 5.60. The maximum absolute atomic E-state index is 12.6. The van der Waals surface area contributed by atoms with Crippen LogP contribution >= 0.6 is 0 Å². The van der Waals surface area contributed by atoms with Crippen LogP contribution in [-0.2, 0) is 14.8 Å². The van der Waals surface area contributed by atoms with Gasteiger partial charge >= 0.3 is 0 Å². The van der Waals surface area contributed by atoms with Crippen LogP contribution in [0.3, 0.4) is 0 Å². The van der Waals surface area contributed by atoms with E-state index in [1.165, 1.54) is 0 Å². The fourth-order valence-electron chi connectivity index (χ4n) is 3.06. The van der Waals surface area contributed by atoms with Gasteiger partial charge in [-0.15, -0.1) is 0 Å². The third kappa shape index (κ3) is 4.07. The third-order valence-electron chi connectivity index (χ3n) is 4.37. The zero-order chi connectivity index (χ0) is 16.2. The first-order valence-electron chi connectivity index (χ1n) is 7.65. The van der Waals surface area contributed by atoms with Gasteiger partial charge in [-0.2, -0.15) is 0 Å². The van der Waals surface area contributed by atoms with Crippen LogP contribution in [-0.4, -0.2) is 41.8 Å². The highest BCUT2D eigenvalue weighted by atomic mass is 32.2. The lowest BCUT2D eigenvalue weighted by Crippen LogP contribution is -2.47. The standard InChI is InChI=1S/C16H26N2O3S/c1-13-4-5-15(14(2)10-13)22(19,20)18-11-16(12-21-3)6-8-17-9-7-16/h4-5,10,17-18H,6-9,11-12H2,1-3H3. The van der Waals surface area contributed by atoms with Crippen LogP contribution in [0, 0.1) is 19.3 Å². The molecular weight excluding hydrogens is 300 g/mol. The first-order valence-corrected chi connectivity index (χ1v) is 9.13. The molecule has 1 aromatic rings. The average molecular weight is 326 g/mol. The summed E-state index contributed by atoms with van der Waals surface area (Å²) in [5.41, 5.74) is 1.72. The molecular formula is C16H26N2O3S. The van der Waals surface area contributed by atoms with Gasteiger partial charge < -0.3 is 10.1 Å². The van der Waals surface area contributed by atoms with E-state index in [1.807, 2.05) is 26.0 Å². The molecule has 22 heavy (non-hydrogen) atoms. The van der Waals surface area contributed by atoms with Gasteiger partial charge in [0.25, 0.3) is 0 Å². The van der Waals surface area contributed by atoms with Crippen molar-refractivity contribution in [2.75, 3.05) is 33.4 Å². The van der Waals surface area contributed by atoms with Gasteiger partial charge in [0.15, 0.2) is 0 Å². The second kappa shape index (κ2) is 7.08. The Bertz CT molecular complexity index is 602. The Labute approximate surface area is 133 Å². The molecule has 1 heterocycles. The average Bonchev–Trinajstić information content (AvgIpc) is 2.46. The predicted molar refractivity (Wildman–Crippen MR) is 87.5 cm³/mol. The summed E-state index contributed by atoms with van der Waals surface area (Å²) in [5.74, 6) is 0. The third-order valence-corrected chi connectivity index (χ3v) is 5.93. The Morgan fingerprint density at radius 3 is 2.55 bits per heavy atom. The van der Waals surface area contributed by atoms with Crippen molar-refractivity contribution in [1.82, 2.24) is 10.0 Å². The number of methoxy groups -OCH3 is 1. The van der Waals surface area contributed by atoms with Crippen molar-refractivity contribution in [3.05, 3.63) is 29.3 Å². The van der Waals surface area contributed by atoms with Crippen molar-refractivity contribution >= 4 is 10.0 Å². The molecule has 1 aliphatic rings. The Balaban J connectivity index is 2.14. The number of nitrogens with one attached hydrogen (secondary N) is 2. The fourth-order valence-corrected chi connectivity index (χ4v) is 4.44. The molecule has 124 valence electrons. The lowest BCUT2D eigenvalue weighted by molar-refractivity contribution is 0.0577. The van der Waals surface area contributed by atoms with Crippen molar-refractivity contribution < 1.29 is 13.2 Å². The minimum Gasteiger partial charge on any atom is -0.384 e. The molecule has 2 N–H and O–H groups in total. The van der Waals surface area contributed by atoms with Crippen molar-refractivity contribution in [2.24, 2.45) is 5.41 Å². The summed E-state index contributed by atoms with van der Waals surface area (Å²) < 4.78 is 33.3. The number of hydrogen-bond donors (Lipinski definition) is 2. The van der Waals surface area contributed by atoms with E-state index < -0.39 is 10.0 Å². The highest BCUT2D eigenvalue weighted by Gasteiger charge is 2.33. The quantitative estimate of drug-likeness (QED) is 0.833. The molecule has 0 aliphatic carbocycles. The van der Waals surface area contributed by atoms with Crippen molar-refractivity contribution in [3.8, 4) is 0 Å². The van der Waals surface area contributed by atoms with Gasteiger partial charge in [-0.25, -0.2) is 13.1 Å². The van der Waals surface area contributed by atoms with Crippen LogP contribution in [0.2, 0.25) is 0 Å². The predicted octanol–water partition coefficient (Wildman–Crippen LogP) is 1.60. The van der Waals surface area contributed by atoms with Gasteiger partial charge in [0.05, 0.1) is 11.5 Å². The van der Waals surface area contributed by atoms with Gasteiger partial charge in [-0.3, -0.25) is 0 Å². The summed E-state index contributed by atoms with van der Waals surface area (Å²) in [5, 5.41) is 3.31. The molecule has 0 atom stereocenters. The minimum absolute atomic E-state index is 0.119. The van der Waals surface area contributed by atoms with Gasteiger partial charge in [0.2, 0.25) is 10.0 Å². The highest BCUT2D eigenvalue weighted by molar-refractivity contribution is 7.89. The molecule has 0 saturated carbocycles. The number of hydrogen-bond acceptors (Lipinski definition) is 4. The topological polar surface area (TPSA) is 67.4 Å². The summed E-state index contributed by atoms with van der Waals surface area (Å²) in [6, 6.07) is 5.40. The number of ether oxygens (including phenoxy) is 1. The molecule has 0 radical (unpaired) electrons. The minimum atomic E-state index is -3.49. The van der Waals surface area contributed by atoms with Crippen LogP contribution in [0.25, 0.3) is 0 Å². The van der Waals surface area contributed by atoms with E-state index in [0.29, 0.717) is 18.0 Å². The van der Waals surface area contributed by atoms with Gasteiger partial charge in [0.1, 0.15) is 0 Å². The van der Waals surface area contributed by atoms with Crippen molar-refractivity contribution in [1.29, 1.82) is 0 Å². The zero-order valence-electron chi connectivity index (χ0n) is 13.6. The van der Waals surface area contributed by atoms with Crippen molar-refractivity contribution in [3.63, 3.8) is 0 Å². The van der Waals surface area contributed by atoms with Crippen LogP contribution in [0.15, 0.2) is 23.1 Å². The summed E-state index contributed by atoms with van der Waals surface area (Å²) >= 11 is 0. The Morgan fingerprint density at radius 1 is 1.27 bits per heavy atom. The van der Waals surface area contributed by atoms with E-state index in [4.69, 9.17) is 4.74 Å². The van der Waals surface area contributed by atoms with E-state index in [9.17, 15) is 8.42 Å². The SMILES string of the molecule is COCC1(CNS(=O)(=O)c2ccc(C)cc2C)CCNCC1. The molecule has 0 amide bonds. The first kappa shape index (κ1) is 17.4. The monoisotopic (exact) mass is 326 g/mol. The van der Waals surface area contributed by atoms with Crippen LogP contribution in [0.4, 0.5) is 0 Å². The van der Waals surface area contributed by atoms with Gasteiger partial charge in [0, 0.05) is 19.1 Å². The van der Waals surface area contributed by atoms with Crippen LogP contribution < -0.4 is 10.0 Å². The first-order chi connectivity index (χ1) is 10.4. The molecule has 1 saturated heterocycles. The molecule has 0 bridgehead atoms. The number of rotatable bonds is 6. The number of aryl methyl sites for hydroxylation is 2. The summed E-state index contributed by atoms with van der Waals surface area (Å²) in [6.07, 6.45) is 1.83. The molecule has 1 aromatic carbocycles. The molecule has 0 aromatic heterocycles. The molecule has 1 fully saturated rings. The van der Waals surface area contributed by atoms with Crippen LogP contribution in [0.5, 0.6) is 0 Å². The Hall–Kier alpha value is -0.950. The van der Waals surface area contributed by atoms with Gasteiger partial charge in [-0.05, 0) is 51.4 Å². The molecule has 2 rings (SSSR count). The normalized spacial score (nSPS) is 18.3. The highest BCUT2D eigenvalue weighted by Crippen LogP contribution is 2.29. The lowest BCUT2D eigenvalue weighted by atomic mass is 9.80. The summed E-state index contributed by atoms with van der Waals surface area (Å²) in [4.78, 5) is 0.361. The Morgan fingerprint density at radius 2 is 1.95 bits per heavy atom. The molecule has 1 aliphatic heterocycles. The smallest absolute Gasteiger partial charge is 0.240 e. The van der Waals surface area contributed by atoms with Crippen LogP contribution in [0.1, 0.15) is 24.0 Å². The number of sulfonamides is 1. The van der Waals surface area contributed by atoms with E-state index in [2.05, 4.69) is 10.0 Å². The van der Waals surface area contributed by atoms with Gasteiger partial charge in [-0.1, -0.05) is 17.7 Å². The zero-order valence-corrected chi connectivity index (χ0v) is 14.4. The van der Waals surface area contributed by atoms with E-state index >= 15 is 0 Å². The molecule has 5 nitrogen and oxygen atoms in total. The van der Waals surface area contributed by atoms with E-state index in [-0.39, 0.29) is 5.41 Å². The maximum Gasteiger partial charge on any atom is 0.240 e. The fraction of sp³-hybridized carbons (Fsp3) is 0.625. The summed E-state index contributed by atoms with van der Waals surface area (Å²) in [7, 11) is -1.82. The number of piperidine rings is 1. The van der Waals surface area contributed by atoms with E-state index in [1.54, 1.807) is 13.2 Å². The number of benzene rings is 1. The summed E-state index contributed by atoms with van der Waals surface area (Å²) in [6.45, 7) is 6.57. The second-order valence-corrected chi connectivity index (χ2v) is 8.01. The maximum atomic E-state index is 12.6.